The third-order valence-corrected chi connectivity index (χ3v) is 20.8. The van der Waals surface area contributed by atoms with Crippen LogP contribution in [0.4, 0.5) is 0 Å². The maximum Gasteiger partial charge on any atom is 0.305 e. The highest BCUT2D eigenvalue weighted by Crippen LogP contribution is 2.21. The monoisotopic (exact) mass is 1740 g/mol. The van der Waals surface area contributed by atoms with Gasteiger partial charge in [-0.25, -0.2) is 0 Å². The van der Waals surface area contributed by atoms with E-state index < -0.39 is 162 Å². The van der Waals surface area contributed by atoms with Gasteiger partial charge in [-0.3, -0.25) is 77.1 Å². The molecule has 0 spiro atoms. The first-order valence-corrected chi connectivity index (χ1v) is 43.9. The van der Waals surface area contributed by atoms with Crippen LogP contribution in [0.1, 0.15) is 240 Å². The first-order valence-electron chi connectivity index (χ1n) is 43.9. The van der Waals surface area contributed by atoms with Crippen molar-refractivity contribution in [2.75, 3.05) is 26.2 Å². The summed E-state index contributed by atoms with van der Waals surface area (Å²) in [5.74, 6) is -14.0. The number of para-hydroxylation sites is 1. The van der Waals surface area contributed by atoms with Crippen LogP contribution in [0.5, 0.6) is 0 Å². The van der Waals surface area contributed by atoms with Crippen molar-refractivity contribution >= 4 is 106 Å². The zero-order valence-electron chi connectivity index (χ0n) is 73.8. The average molecular weight is 1740 g/mol. The molecule has 0 saturated heterocycles. The molecular weight excluding hydrogens is 1600 g/mol. The van der Waals surface area contributed by atoms with Gasteiger partial charge in [-0.15, -0.1) is 0 Å². The fraction of sp³-hybridized carbons (Fsp3) is 0.651. The number of aromatic nitrogens is 1. The Morgan fingerprint density at radius 2 is 0.766 bits per heavy atom. The van der Waals surface area contributed by atoms with E-state index in [9.17, 15) is 77.3 Å². The van der Waals surface area contributed by atoms with Crippen molar-refractivity contribution in [2.24, 2.45) is 62.0 Å². The number of aromatic amines is 1. The van der Waals surface area contributed by atoms with Crippen LogP contribution in [0.25, 0.3) is 10.9 Å². The van der Waals surface area contributed by atoms with Crippen LogP contribution in [0.2, 0.25) is 0 Å². The number of H-pyrrole nitrogens is 1. The Balaban J connectivity index is 1.88. The zero-order valence-corrected chi connectivity index (χ0v) is 73.8. The maximum atomic E-state index is 14.9. The number of unbranched alkanes of at least 4 members (excludes halogenated alkanes) is 14. The first-order chi connectivity index (χ1) is 59.0. The van der Waals surface area contributed by atoms with Crippen molar-refractivity contribution < 1.29 is 77.3 Å². The van der Waals surface area contributed by atoms with Gasteiger partial charge in [0.25, 0.3) is 0 Å². The molecule has 0 aliphatic rings. The summed E-state index contributed by atoms with van der Waals surface area (Å²) in [5, 5.41) is 53.6. The van der Waals surface area contributed by atoms with E-state index in [1.807, 2.05) is 24.3 Å². The molecule has 3 aromatic rings. The van der Waals surface area contributed by atoms with Crippen molar-refractivity contribution in [1.82, 2.24) is 68.8 Å². The van der Waals surface area contributed by atoms with Gasteiger partial charge < -0.3 is 119 Å². The number of rotatable bonds is 65. The highest BCUT2D eigenvalue weighted by molar-refractivity contribution is 6.01. The first kappa shape index (κ1) is 107. The Labute approximate surface area is 728 Å². The summed E-state index contributed by atoms with van der Waals surface area (Å²) in [6, 6.07) is -1.76. The Bertz CT molecular complexity index is 3890. The van der Waals surface area contributed by atoms with Gasteiger partial charge in [-0.05, 0) is 146 Å². The van der Waals surface area contributed by atoms with Gasteiger partial charge in [0.1, 0.15) is 72.5 Å². The maximum absolute atomic E-state index is 14.9. The molecule has 0 saturated carbocycles. The lowest BCUT2D eigenvalue weighted by Gasteiger charge is -2.29. The number of benzene rings is 2. The van der Waals surface area contributed by atoms with E-state index in [2.05, 4.69) is 85.7 Å². The van der Waals surface area contributed by atoms with E-state index in [0.717, 1.165) is 36.6 Å². The third-order valence-electron chi connectivity index (χ3n) is 20.8. The van der Waals surface area contributed by atoms with E-state index in [0.29, 0.717) is 36.8 Å². The van der Waals surface area contributed by atoms with Crippen LogP contribution in [-0.4, -0.2) is 215 Å². The molecule has 38 nitrogen and oxygen atoms in total. The Kier molecular flexibility index (Phi) is 51.6. The topological polar surface area (TPSA) is 646 Å². The van der Waals surface area contributed by atoms with Crippen LogP contribution in [-0.2, 0) is 80.0 Å². The molecule has 13 unspecified atom stereocenters. The molecule has 29 N–H and O–H groups in total. The van der Waals surface area contributed by atoms with Crippen molar-refractivity contribution in [3.63, 3.8) is 0 Å². The van der Waals surface area contributed by atoms with Gasteiger partial charge in [0.15, 0.2) is 11.9 Å². The number of aliphatic hydroxyl groups excluding tert-OH is 1. The number of aliphatic carboxylic acids is 1. The molecule has 0 aliphatic heterocycles. The molecule has 694 valence electrons. The minimum absolute atomic E-state index is 0.00261. The molecule has 13 atom stereocenters. The van der Waals surface area contributed by atoms with Crippen LogP contribution in [0.15, 0.2) is 70.8 Å². The largest absolute Gasteiger partial charge is 0.481 e. The number of nitrogens with one attached hydrogen (secondary N) is 13. The van der Waals surface area contributed by atoms with E-state index in [1.165, 1.54) is 72.1 Å². The number of carbonyl (C=O) groups excluding carboxylic acids is 13. The number of aliphatic hydroxyl groups is 1. The molecule has 0 bridgehead atoms. The molecular formula is C86H144N22O16. The molecule has 1 heterocycles. The molecule has 2 aromatic carbocycles. The predicted octanol–water partition coefficient (Wildman–Crippen LogP) is 1.09. The predicted molar refractivity (Wildman–Crippen MR) is 475 cm³/mol. The smallest absolute Gasteiger partial charge is 0.305 e. The summed E-state index contributed by atoms with van der Waals surface area (Å²) < 4.78 is 0. The number of carboxylic acids is 1. The van der Waals surface area contributed by atoms with Gasteiger partial charge in [0.05, 0.1) is 12.5 Å². The molecule has 0 radical (unpaired) electrons. The SMILES string of the molecule is CCCCCCCCCCCCCCCC(=O)NC(Cc1c[nH]c2ccccc12)C(=O)NC(C(=O)NC(CC(C)C)C(=O)NC(C)C(=O)NC(CC(C)C)C(=O)NC(CC(=O)O)C(=O)NC(Cc1ccccc1)C(=O)NC(CCCCN)C(=O)NC(CCCN=C(N)N)C(=O)NC(CCCCN)C(=O)NC(C)C(=O)NC(CCCN=C(N)N)C(N)=O)C(C)O. The highest BCUT2D eigenvalue weighted by Gasteiger charge is 2.38. The van der Waals surface area contributed by atoms with Crippen molar-refractivity contribution in [2.45, 2.75) is 320 Å². The average Bonchev–Trinajstić information content (AvgIpc) is 1.66. The molecule has 0 fully saturated rings. The normalized spacial score (nSPS) is 14.4. The second kappa shape index (κ2) is 59.7. The Morgan fingerprint density at radius 3 is 1.23 bits per heavy atom. The van der Waals surface area contributed by atoms with Crippen molar-refractivity contribution in [1.29, 1.82) is 0 Å². The molecule has 1 aromatic heterocycles. The number of carbonyl (C=O) groups is 14. The minimum atomic E-state index is -1.94. The summed E-state index contributed by atoms with van der Waals surface area (Å²) in [6.45, 7) is 13.6. The number of amides is 13. The molecule has 38 heteroatoms. The molecule has 3 rings (SSSR count). The number of hydrogen-bond acceptors (Lipinski definition) is 19. The van der Waals surface area contributed by atoms with Crippen LogP contribution < -0.4 is 104 Å². The number of nitrogens with zero attached hydrogens (tertiary/aromatic N) is 2. The second-order valence-electron chi connectivity index (χ2n) is 32.8. The van der Waals surface area contributed by atoms with Crippen molar-refractivity contribution in [3.8, 4) is 0 Å². The summed E-state index contributed by atoms with van der Waals surface area (Å²) in [6.07, 6.45) is 15.0. The lowest BCUT2D eigenvalue weighted by molar-refractivity contribution is -0.141. The zero-order chi connectivity index (χ0) is 92.2. The highest BCUT2D eigenvalue weighted by atomic mass is 16.4. The molecule has 124 heavy (non-hydrogen) atoms. The number of hydrogen-bond donors (Lipinski definition) is 22. The van der Waals surface area contributed by atoms with Gasteiger partial charge >= 0.3 is 5.97 Å². The standard InChI is InChI=1S/C86H144N22O16/c1-9-10-11-12-13-14-15-16-17-18-19-20-24-41-70(110)99-68(49-58-51-96-60-36-26-25-35-59(58)60)83(123)108-72(56(8)109)84(124)107-65(46-52(2)3)79(119)98-55(7)75(115)104-66(47-53(4)5)80(120)106-69(50-71(111)112)82(122)105-67(48-57-33-22-21-23-34-57)81(121)103-63(38-28-30-43-88)77(117)102-64(40-32-45-95-86(92)93)78(118)101-62(37-27-29-42-87)76(116)97-54(6)74(114)100-61(73(89)113)39-31-44-94-85(90)91/h21-23,25-26,33-36,51-56,61-69,72,96,109H,9-20,24,27-32,37-50,87-88H2,1-8H3,(H2,89,113)(H,97,116)(H,98,119)(H,99,110)(H,100,114)(H,101,118)(H,102,117)(H,103,121)(H,104,115)(H,105,122)(H,106,120)(H,107,124)(H,108,123)(H,111,112)(H4,90,91,94)(H4,92,93,95). The Morgan fingerprint density at radius 1 is 0.387 bits per heavy atom. The molecule has 0 aliphatic carbocycles. The van der Waals surface area contributed by atoms with E-state index in [1.54, 1.807) is 64.2 Å². The number of aliphatic imine (C=N–C) groups is 2. The van der Waals surface area contributed by atoms with E-state index >= 15 is 0 Å². The lowest BCUT2D eigenvalue weighted by Crippen LogP contribution is -2.61. The fourth-order valence-electron chi connectivity index (χ4n) is 13.9. The van der Waals surface area contributed by atoms with E-state index in [4.69, 9.17) is 40.1 Å². The fourth-order valence-corrected chi connectivity index (χ4v) is 13.9. The summed E-state index contributed by atoms with van der Waals surface area (Å²) >= 11 is 0. The van der Waals surface area contributed by atoms with Crippen LogP contribution >= 0.6 is 0 Å². The molecule has 13 amide bonds. The number of primary amides is 1. The van der Waals surface area contributed by atoms with Gasteiger partial charge in [0.2, 0.25) is 76.8 Å². The van der Waals surface area contributed by atoms with Crippen LogP contribution in [0, 0.1) is 11.8 Å². The summed E-state index contributed by atoms with van der Waals surface area (Å²) in [7, 11) is 0. The van der Waals surface area contributed by atoms with Gasteiger partial charge in [-0.2, -0.15) is 0 Å². The third kappa shape index (κ3) is 43.3. The summed E-state index contributed by atoms with van der Waals surface area (Å²) in [4.78, 5) is 208. The number of nitrogens with two attached hydrogens (primary N) is 7. The lowest BCUT2D eigenvalue weighted by atomic mass is 10.0. The van der Waals surface area contributed by atoms with Crippen molar-refractivity contribution in [3.05, 3.63) is 71.9 Å². The van der Waals surface area contributed by atoms with Crippen LogP contribution in [0.3, 0.4) is 0 Å². The second-order valence-corrected chi connectivity index (χ2v) is 32.8. The quantitative estimate of drug-likeness (QED) is 0.0214. The van der Waals surface area contributed by atoms with Gasteiger partial charge in [-0.1, -0.05) is 160 Å². The van der Waals surface area contributed by atoms with E-state index in [-0.39, 0.29) is 133 Å². The minimum Gasteiger partial charge on any atom is -0.481 e. The summed E-state index contributed by atoms with van der Waals surface area (Å²) in [5.41, 5.74) is 41.2. The number of carboxylic acid groups (broad SMARTS) is 1. The van der Waals surface area contributed by atoms with Gasteiger partial charge in [0, 0.05) is 49.5 Å². The number of fused-ring (bicyclic) bond motifs is 1. The Hall–Kier alpha value is -11.0. The number of guanidine groups is 2.